The van der Waals surface area contributed by atoms with Gasteiger partial charge in [0.15, 0.2) is 0 Å². The van der Waals surface area contributed by atoms with Crippen molar-refractivity contribution in [3.05, 3.63) is 35.9 Å². The number of hydrogen-bond acceptors (Lipinski definition) is 3. The molecule has 2 atom stereocenters. The molecule has 2 unspecified atom stereocenters. The molecule has 0 aromatic heterocycles. The quantitative estimate of drug-likeness (QED) is 0.892. The Balaban J connectivity index is 1.73. The van der Waals surface area contributed by atoms with Crippen LogP contribution in [0.5, 0.6) is 0 Å². The zero-order chi connectivity index (χ0) is 14.0. The summed E-state index contributed by atoms with van der Waals surface area (Å²) >= 11 is 0. The molecule has 0 spiro atoms. The van der Waals surface area contributed by atoms with Crippen LogP contribution in [0.2, 0.25) is 0 Å². The molecule has 20 heavy (non-hydrogen) atoms. The molecule has 3 rings (SSSR count). The molecule has 2 fully saturated rings. The van der Waals surface area contributed by atoms with E-state index < -0.39 is 0 Å². The van der Waals surface area contributed by atoms with Gasteiger partial charge in [-0.1, -0.05) is 30.3 Å². The summed E-state index contributed by atoms with van der Waals surface area (Å²) in [4.78, 5) is 2.66. The molecule has 0 radical (unpaired) electrons. The fourth-order valence-electron chi connectivity index (χ4n) is 3.50. The van der Waals surface area contributed by atoms with Gasteiger partial charge in [0, 0.05) is 38.3 Å². The minimum atomic E-state index is 0.309. The Kier molecular flexibility index (Phi) is 4.11. The zero-order valence-corrected chi connectivity index (χ0v) is 12.6. The maximum Gasteiger partial charge on any atom is 0.0589 e. The number of benzene rings is 1. The van der Waals surface area contributed by atoms with E-state index in [2.05, 4.69) is 47.5 Å². The minimum absolute atomic E-state index is 0.309. The molecule has 2 aliphatic rings. The van der Waals surface area contributed by atoms with E-state index in [1.165, 1.54) is 18.4 Å². The molecule has 1 saturated heterocycles. The van der Waals surface area contributed by atoms with Crippen LogP contribution in [0.1, 0.15) is 31.4 Å². The monoisotopic (exact) mass is 274 g/mol. The Bertz CT molecular complexity index is 432. The van der Waals surface area contributed by atoms with Gasteiger partial charge < -0.3 is 10.1 Å². The highest BCUT2D eigenvalue weighted by Crippen LogP contribution is 2.44. The molecule has 1 aromatic carbocycles. The van der Waals surface area contributed by atoms with E-state index in [1.54, 1.807) is 7.11 Å². The molecule has 1 aliphatic heterocycles. The van der Waals surface area contributed by atoms with Gasteiger partial charge in [-0.15, -0.1) is 0 Å². The Morgan fingerprint density at radius 1 is 1.30 bits per heavy atom. The highest BCUT2D eigenvalue weighted by molar-refractivity contribution is 5.21. The third-order valence-corrected chi connectivity index (χ3v) is 5.06. The first-order valence-electron chi connectivity index (χ1n) is 7.76. The molecule has 1 saturated carbocycles. The maximum atomic E-state index is 5.32. The van der Waals surface area contributed by atoms with Gasteiger partial charge in [-0.2, -0.15) is 0 Å². The summed E-state index contributed by atoms with van der Waals surface area (Å²) in [5, 5.41) is 3.77. The van der Waals surface area contributed by atoms with Gasteiger partial charge >= 0.3 is 0 Å². The zero-order valence-electron chi connectivity index (χ0n) is 12.6. The van der Waals surface area contributed by atoms with Crippen molar-refractivity contribution in [3.63, 3.8) is 0 Å². The molecule has 110 valence electrons. The summed E-state index contributed by atoms with van der Waals surface area (Å²) in [6, 6.07) is 11.2. The van der Waals surface area contributed by atoms with Crippen LogP contribution in [0, 0.1) is 5.92 Å². The van der Waals surface area contributed by atoms with Crippen molar-refractivity contribution in [3.8, 4) is 0 Å². The Morgan fingerprint density at radius 2 is 2.05 bits per heavy atom. The smallest absolute Gasteiger partial charge is 0.0589 e. The second kappa shape index (κ2) is 5.84. The van der Waals surface area contributed by atoms with Gasteiger partial charge in [-0.25, -0.2) is 0 Å². The topological polar surface area (TPSA) is 24.5 Å². The highest BCUT2D eigenvalue weighted by Gasteiger charge is 2.48. The van der Waals surface area contributed by atoms with E-state index in [1.807, 2.05) is 0 Å². The maximum absolute atomic E-state index is 5.32. The number of nitrogens with one attached hydrogen (secondary N) is 1. The SMILES string of the molecule is COCCN1CC(c2ccccc2)NCC1(C)C1CC1. The van der Waals surface area contributed by atoms with Crippen molar-refractivity contribution in [1.29, 1.82) is 0 Å². The van der Waals surface area contributed by atoms with Gasteiger partial charge in [-0.3, -0.25) is 4.90 Å². The number of piperazine rings is 1. The summed E-state index contributed by atoms with van der Waals surface area (Å²) in [5.74, 6) is 0.864. The van der Waals surface area contributed by atoms with Gasteiger partial charge in [0.2, 0.25) is 0 Å². The van der Waals surface area contributed by atoms with E-state index in [9.17, 15) is 0 Å². The fourth-order valence-corrected chi connectivity index (χ4v) is 3.50. The van der Waals surface area contributed by atoms with Crippen LogP contribution in [0.3, 0.4) is 0 Å². The first kappa shape index (κ1) is 14.1. The van der Waals surface area contributed by atoms with Crippen LogP contribution in [-0.2, 0) is 4.74 Å². The normalized spacial score (nSPS) is 31.4. The van der Waals surface area contributed by atoms with Gasteiger partial charge in [0.1, 0.15) is 0 Å². The van der Waals surface area contributed by atoms with Gasteiger partial charge in [0.25, 0.3) is 0 Å². The number of methoxy groups -OCH3 is 1. The third-order valence-electron chi connectivity index (χ3n) is 5.06. The second-order valence-corrected chi connectivity index (χ2v) is 6.41. The molecule has 1 aromatic rings. The molecule has 0 amide bonds. The first-order valence-corrected chi connectivity index (χ1v) is 7.76. The number of ether oxygens (including phenoxy) is 1. The summed E-state index contributed by atoms with van der Waals surface area (Å²) in [6.07, 6.45) is 2.77. The van der Waals surface area contributed by atoms with E-state index in [0.717, 1.165) is 32.2 Å². The van der Waals surface area contributed by atoms with Crippen molar-refractivity contribution in [1.82, 2.24) is 10.2 Å². The Labute approximate surface area is 122 Å². The number of nitrogens with zero attached hydrogens (tertiary/aromatic N) is 1. The fraction of sp³-hybridized carbons (Fsp3) is 0.647. The van der Waals surface area contributed by atoms with Crippen LogP contribution >= 0.6 is 0 Å². The molecule has 1 aliphatic carbocycles. The molecular formula is C17H26N2O. The van der Waals surface area contributed by atoms with Crippen LogP contribution in [-0.4, -0.2) is 43.8 Å². The lowest BCUT2D eigenvalue weighted by atomic mass is 9.88. The van der Waals surface area contributed by atoms with E-state index in [4.69, 9.17) is 4.74 Å². The van der Waals surface area contributed by atoms with E-state index in [0.29, 0.717) is 11.6 Å². The van der Waals surface area contributed by atoms with Gasteiger partial charge in [-0.05, 0) is 31.2 Å². The summed E-state index contributed by atoms with van der Waals surface area (Å²) in [5.41, 5.74) is 1.71. The minimum Gasteiger partial charge on any atom is -0.383 e. The summed E-state index contributed by atoms with van der Waals surface area (Å²) in [7, 11) is 1.80. The lowest BCUT2D eigenvalue weighted by Crippen LogP contribution is -2.62. The van der Waals surface area contributed by atoms with Crippen molar-refractivity contribution >= 4 is 0 Å². The van der Waals surface area contributed by atoms with Crippen LogP contribution in [0.25, 0.3) is 0 Å². The number of hydrogen-bond donors (Lipinski definition) is 1. The average Bonchev–Trinajstić information content (AvgIpc) is 3.32. The molecular weight excluding hydrogens is 248 g/mol. The number of rotatable bonds is 5. The predicted molar refractivity (Wildman–Crippen MR) is 81.8 cm³/mol. The van der Waals surface area contributed by atoms with Crippen molar-refractivity contribution in [2.75, 3.05) is 33.4 Å². The van der Waals surface area contributed by atoms with E-state index >= 15 is 0 Å². The Hall–Kier alpha value is -0.900. The molecule has 1 N–H and O–H groups in total. The largest absolute Gasteiger partial charge is 0.383 e. The molecule has 3 heteroatoms. The van der Waals surface area contributed by atoms with Crippen LogP contribution in [0.4, 0.5) is 0 Å². The first-order chi connectivity index (χ1) is 9.74. The molecule has 0 bridgehead atoms. The predicted octanol–water partition coefficient (Wildman–Crippen LogP) is 2.45. The third kappa shape index (κ3) is 2.76. The van der Waals surface area contributed by atoms with Crippen molar-refractivity contribution in [2.24, 2.45) is 5.92 Å². The van der Waals surface area contributed by atoms with Crippen molar-refractivity contribution < 1.29 is 4.74 Å². The highest BCUT2D eigenvalue weighted by atomic mass is 16.5. The lowest BCUT2D eigenvalue weighted by Gasteiger charge is -2.49. The van der Waals surface area contributed by atoms with E-state index in [-0.39, 0.29) is 0 Å². The lowest BCUT2D eigenvalue weighted by molar-refractivity contribution is 0.0147. The summed E-state index contributed by atoms with van der Waals surface area (Å²) in [6.45, 7) is 6.45. The second-order valence-electron chi connectivity index (χ2n) is 6.41. The van der Waals surface area contributed by atoms with Gasteiger partial charge in [0.05, 0.1) is 6.61 Å². The summed E-state index contributed by atoms with van der Waals surface area (Å²) < 4.78 is 5.32. The molecule has 1 heterocycles. The van der Waals surface area contributed by atoms with Crippen molar-refractivity contribution in [2.45, 2.75) is 31.3 Å². The Morgan fingerprint density at radius 3 is 2.70 bits per heavy atom. The van der Waals surface area contributed by atoms with Crippen LogP contribution < -0.4 is 5.32 Å². The van der Waals surface area contributed by atoms with Crippen LogP contribution in [0.15, 0.2) is 30.3 Å². The molecule has 3 nitrogen and oxygen atoms in total. The standard InChI is InChI=1S/C17H26N2O/c1-17(15-8-9-15)13-18-16(12-19(17)10-11-20-2)14-6-4-3-5-7-14/h3-7,15-16,18H,8-13H2,1-2H3. The average molecular weight is 274 g/mol.